The predicted molar refractivity (Wildman–Crippen MR) is 99.2 cm³/mol. The summed E-state index contributed by atoms with van der Waals surface area (Å²) in [6.07, 6.45) is 0. The fraction of sp³-hybridized carbons (Fsp3) is 0.136. The molecule has 0 saturated carbocycles. The molecule has 0 spiro atoms. The van der Waals surface area contributed by atoms with Crippen LogP contribution in [0.4, 0.5) is 0 Å². The van der Waals surface area contributed by atoms with E-state index < -0.39 is 6.04 Å². The highest BCUT2D eigenvalue weighted by Gasteiger charge is 2.21. The van der Waals surface area contributed by atoms with E-state index in [-0.39, 0.29) is 6.04 Å². The summed E-state index contributed by atoms with van der Waals surface area (Å²) in [6, 6.07) is 29.7. The average Bonchev–Trinajstić information content (AvgIpc) is 2.70. The van der Waals surface area contributed by atoms with Crippen LogP contribution in [0.1, 0.15) is 28.8 Å². The normalized spacial score (nSPS) is 11.7. The Morgan fingerprint density at radius 1 is 0.800 bits per heavy atom. The molecule has 3 aromatic rings. The predicted octanol–water partition coefficient (Wildman–Crippen LogP) is 4.64. The molecule has 3 nitrogen and oxygen atoms in total. The number of ether oxygens (including phenoxy) is 1. The van der Waals surface area contributed by atoms with Gasteiger partial charge in [-0.05, 0) is 17.2 Å². The van der Waals surface area contributed by atoms with Gasteiger partial charge in [-0.25, -0.2) is 0 Å². The Balaban J connectivity index is 1.98. The minimum Gasteiger partial charge on any atom is -0.496 e. The van der Waals surface area contributed by atoms with E-state index >= 15 is 0 Å². The van der Waals surface area contributed by atoms with Crippen LogP contribution >= 0.6 is 0 Å². The van der Waals surface area contributed by atoms with Crippen LogP contribution < -0.4 is 10.1 Å². The molecule has 0 fully saturated rings. The number of benzene rings is 3. The van der Waals surface area contributed by atoms with Crippen molar-refractivity contribution < 1.29 is 4.74 Å². The summed E-state index contributed by atoms with van der Waals surface area (Å²) in [5.41, 5.74) is 3.07. The minimum absolute atomic E-state index is 0.0861. The zero-order valence-electron chi connectivity index (χ0n) is 14.1. The van der Waals surface area contributed by atoms with E-state index in [9.17, 15) is 5.26 Å². The first kappa shape index (κ1) is 16.8. The van der Waals surface area contributed by atoms with Gasteiger partial charge in [0.25, 0.3) is 0 Å². The first-order valence-corrected chi connectivity index (χ1v) is 8.22. The van der Waals surface area contributed by atoms with Crippen molar-refractivity contribution in [3.8, 4) is 11.8 Å². The van der Waals surface area contributed by atoms with Gasteiger partial charge in [-0.1, -0.05) is 78.9 Å². The molecule has 0 aliphatic rings. The van der Waals surface area contributed by atoms with E-state index in [0.717, 1.165) is 16.7 Å². The molecule has 0 bridgehead atoms. The number of hydrogen-bond donors (Lipinski definition) is 1. The van der Waals surface area contributed by atoms with Crippen molar-refractivity contribution in [2.45, 2.75) is 12.1 Å². The van der Waals surface area contributed by atoms with Crippen molar-refractivity contribution in [1.82, 2.24) is 5.32 Å². The van der Waals surface area contributed by atoms with Crippen LogP contribution in [-0.4, -0.2) is 7.11 Å². The van der Waals surface area contributed by atoms with Gasteiger partial charge in [-0.3, -0.25) is 5.32 Å². The monoisotopic (exact) mass is 328 g/mol. The second-order valence-electron chi connectivity index (χ2n) is 5.73. The summed E-state index contributed by atoms with van der Waals surface area (Å²) in [4.78, 5) is 0. The Bertz CT molecular complexity index is 801. The molecule has 3 rings (SSSR count). The summed E-state index contributed by atoms with van der Waals surface area (Å²) in [7, 11) is 1.62. The number of methoxy groups -OCH3 is 1. The number of rotatable bonds is 6. The number of nitrogens with one attached hydrogen (secondary N) is 1. The first-order chi connectivity index (χ1) is 12.3. The highest BCUT2D eigenvalue weighted by Crippen LogP contribution is 2.29. The SMILES string of the molecule is COc1ccccc1[C@H](C#N)NC(c1ccccc1)c1ccccc1. The molecule has 0 heterocycles. The van der Waals surface area contributed by atoms with E-state index in [1.165, 1.54) is 0 Å². The van der Waals surface area contributed by atoms with Gasteiger partial charge >= 0.3 is 0 Å². The van der Waals surface area contributed by atoms with Crippen LogP contribution in [0.25, 0.3) is 0 Å². The quantitative estimate of drug-likeness (QED) is 0.717. The molecule has 0 aliphatic carbocycles. The van der Waals surface area contributed by atoms with Gasteiger partial charge in [0.05, 0.1) is 19.2 Å². The molecule has 0 aliphatic heterocycles. The second kappa shape index (κ2) is 8.14. The summed E-state index contributed by atoms with van der Waals surface area (Å²) in [5, 5.41) is 13.3. The van der Waals surface area contributed by atoms with Crippen molar-refractivity contribution in [3.63, 3.8) is 0 Å². The lowest BCUT2D eigenvalue weighted by atomic mass is 9.96. The van der Waals surface area contributed by atoms with Gasteiger partial charge in [0.1, 0.15) is 11.8 Å². The van der Waals surface area contributed by atoms with Gasteiger partial charge in [0.2, 0.25) is 0 Å². The molecule has 0 aromatic heterocycles. The first-order valence-electron chi connectivity index (χ1n) is 8.22. The molecule has 1 atom stereocenters. The van der Waals surface area contributed by atoms with Crippen molar-refractivity contribution in [2.24, 2.45) is 0 Å². The molecule has 0 saturated heterocycles. The van der Waals surface area contributed by atoms with Crippen molar-refractivity contribution in [3.05, 3.63) is 102 Å². The van der Waals surface area contributed by atoms with Crippen LogP contribution in [0.2, 0.25) is 0 Å². The molecule has 3 aromatic carbocycles. The smallest absolute Gasteiger partial charge is 0.125 e. The lowest BCUT2D eigenvalue weighted by Crippen LogP contribution is -2.27. The van der Waals surface area contributed by atoms with E-state index in [2.05, 4.69) is 35.7 Å². The topological polar surface area (TPSA) is 45.0 Å². The molecule has 25 heavy (non-hydrogen) atoms. The maximum Gasteiger partial charge on any atom is 0.125 e. The Morgan fingerprint density at radius 2 is 1.32 bits per heavy atom. The maximum atomic E-state index is 9.77. The molecule has 0 amide bonds. The summed E-state index contributed by atoms with van der Waals surface area (Å²) in [5.74, 6) is 0.710. The van der Waals surface area contributed by atoms with Crippen LogP contribution in [0, 0.1) is 11.3 Å². The molecule has 0 unspecified atom stereocenters. The van der Waals surface area contributed by atoms with Crippen LogP contribution in [0.5, 0.6) is 5.75 Å². The third-order valence-electron chi connectivity index (χ3n) is 4.18. The minimum atomic E-state index is -0.485. The van der Waals surface area contributed by atoms with E-state index in [4.69, 9.17) is 4.74 Å². The summed E-state index contributed by atoms with van der Waals surface area (Å²) >= 11 is 0. The fourth-order valence-electron chi connectivity index (χ4n) is 2.94. The van der Waals surface area contributed by atoms with E-state index in [1.54, 1.807) is 7.11 Å². The molecular formula is C22H20N2O. The van der Waals surface area contributed by atoms with Gasteiger partial charge in [0.15, 0.2) is 0 Å². The van der Waals surface area contributed by atoms with E-state index in [1.807, 2.05) is 60.7 Å². The van der Waals surface area contributed by atoms with Crippen LogP contribution in [0.3, 0.4) is 0 Å². The Hall–Kier alpha value is -3.09. The molecule has 124 valence electrons. The molecule has 1 N–H and O–H groups in total. The fourth-order valence-corrected chi connectivity index (χ4v) is 2.94. The summed E-state index contributed by atoms with van der Waals surface area (Å²) < 4.78 is 5.43. The van der Waals surface area contributed by atoms with Crippen molar-refractivity contribution in [1.29, 1.82) is 5.26 Å². The van der Waals surface area contributed by atoms with Crippen molar-refractivity contribution in [2.75, 3.05) is 7.11 Å². The van der Waals surface area contributed by atoms with Gasteiger partial charge < -0.3 is 4.74 Å². The number of para-hydroxylation sites is 1. The zero-order chi connectivity index (χ0) is 17.5. The molecule has 3 heteroatoms. The highest BCUT2D eigenvalue weighted by atomic mass is 16.5. The summed E-state index contributed by atoms with van der Waals surface area (Å²) in [6.45, 7) is 0. The van der Waals surface area contributed by atoms with Crippen LogP contribution in [0.15, 0.2) is 84.9 Å². The Labute approximate surface area is 148 Å². The number of hydrogen-bond acceptors (Lipinski definition) is 3. The van der Waals surface area contributed by atoms with Crippen molar-refractivity contribution >= 4 is 0 Å². The number of nitrogens with zero attached hydrogens (tertiary/aromatic N) is 1. The lowest BCUT2D eigenvalue weighted by Gasteiger charge is -2.24. The average molecular weight is 328 g/mol. The molecule has 0 radical (unpaired) electrons. The Morgan fingerprint density at radius 3 is 1.84 bits per heavy atom. The third kappa shape index (κ3) is 3.88. The maximum absolute atomic E-state index is 9.77. The largest absolute Gasteiger partial charge is 0.496 e. The zero-order valence-corrected chi connectivity index (χ0v) is 14.1. The third-order valence-corrected chi connectivity index (χ3v) is 4.18. The van der Waals surface area contributed by atoms with Crippen LogP contribution in [-0.2, 0) is 0 Å². The number of nitriles is 1. The van der Waals surface area contributed by atoms with E-state index in [0.29, 0.717) is 5.75 Å². The highest BCUT2D eigenvalue weighted by molar-refractivity contribution is 5.40. The van der Waals surface area contributed by atoms with Gasteiger partial charge in [-0.2, -0.15) is 5.26 Å². The molecular weight excluding hydrogens is 308 g/mol. The second-order valence-corrected chi connectivity index (χ2v) is 5.73. The standard InChI is InChI=1S/C22H20N2O/c1-25-21-15-9-8-14-19(21)20(16-23)24-22(17-10-4-2-5-11-17)18-12-6-3-7-13-18/h2-15,20,22,24H,1H3/t20-/m0/s1. The van der Waals surface area contributed by atoms with Gasteiger partial charge in [-0.15, -0.1) is 0 Å². The Kier molecular flexibility index (Phi) is 5.46. The van der Waals surface area contributed by atoms with Gasteiger partial charge in [0, 0.05) is 5.56 Å². The lowest BCUT2D eigenvalue weighted by molar-refractivity contribution is 0.403.